The third-order valence-electron chi connectivity index (χ3n) is 11.8. The Morgan fingerprint density at radius 1 is 0.315 bits per heavy atom. The van der Waals surface area contributed by atoms with Gasteiger partial charge < -0.3 is 29.5 Å². The van der Waals surface area contributed by atoms with E-state index in [0.29, 0.717) is 84.0 Å². The Hall–Kier alpha value is -6.18. The van der Waals surface area contributed by atoms with Crippen LogP contribution in [0.1, 0.15) is 50.1 Å². The second-order valence-corrected chi connectivity index (χ2v) is 14.1. The van der Waals surface area contributed by atoms with Crippen LogP contribution in [-0.2, 0) is 16.8 Å². The topological polar surface area (TPSA) is 88.4 Å². The molecule has 0 saturated heterocycles. The number of fused-ring (bicyclic) bond motifs is 12. The van der Waals surface area contributed by atoms with Crippen LogP contribution in [0.2, 0.25) is 0 Å². The van der Waals surface area contributed by atoms with Crippen LogP contribution >= 0.6 is 0 Å². The maximum atomic E-state index is 13.9. The summed E-state index contributed by atoms with van der Waals surface area (Å²) in [7, 11) is 4.80. The van der Waals surface area contributed by atoms with E-state index in [-0.39, 0.29) is 0 Å². The van der Waals surface area contributed by atoms with Crippen molar-refractivity contribution >= 4 is 0 Å². The fourth-order valence-electron chi connectivity index (χ4n) is 9.77. The third-order valence-corrected chi connectivity index (χ3v) is 11.8. The number of benzene rings is 7. The van der Waals surface area contributed by atoms with Crippen LogP contribution in [-0.4, -0.2) is 36.6 Å². The molecule has 0 aliphatic heterocycles. The van der Waals surface area contributed by atoms with Gasteiger partial charge in [-0.25, -0.2) is 0 Å². The average molecular weight is 709 g/mol. The minimum Gasteiger partial charge on any atom is -0.496 e. The minimum atomic E-state index is -1.78. The van der Waals surface area contributed by atoms with Crippen LogP contribution in [0.25, 0.3) is 33.4 Å². The predicted molar refractivity (Wildman–Crippen MR) is 208 cm³/mol. The standard InChI is InChI=1S/C48H36O6/c1-52-37-25-13-10-22-34(37)46(49)31-19-7-4-16-28(31)40-43(46)41-29-17-5-8-20-32(29)47(50,35-23-11-14-26-38(35)53-2)45(41)42-30-18-6-9-21-33(30)48(51,44(40)42)36-24-12-15-27-39(36)54-3/h4-27,49-51H,1-3H3/t46-,47-,48-/m1/s1. The van der Waals surface area contributed by atoms with Crippen molar-refractivity contribution in [2.45, 2.75) is 16.8 Å². The van der Waals surface area contributed by atoms with Gasteiger partial charge in [0.05, 0.1) is 21.3 Å². The lowest BCUT2D eigenvalue weighted by Gasteiger charge is -2.35. The number of rotatable bonds is 6. The summed E-state index contributed by atoms with van der Waals surface area (Å²) < 4.78 is 17.9. The third kappa shape index (κ3) is 3.79. The van der Waals surface area contributed by atoms with Gasteiger partial charge in [0.1, 0.15) is 34.1 Å². The fourth-order valence-corrected chi connectivity index (χ4v) is 9.77. The summed E-state index contributed by atoms with van der Waals surface area (Å²) in [6.07, 6.45) is 0. The zero-order valence-corrected chi connectivity index (χ0v) is 29.9. The van der Waals surface area contributed by atoms with Crippen molar-refractivity contribution in [2.75, 3.05) is 21.3 Å². The molecule has 10 rings (SSSR count). The van der Waals surface area contributed by atoms with Gasteiger partial charge in [-0.1, -0.05) is 127 Å². The molecule has 7 aromatic carbocycles. The van der Waals surface area contributed by atoms with Crippen LogP contribution in [0.3, 0.4) is 0 Å². The highest BCUT2D eigenvalue weighted by Crippen LogP contribution is 2.69. The summed E-state index contributed by atoms with van der Waals surface area (Å²) in [4.78, 5) is 0. The lowest BCUT2D eigenvalue weighted by molar-refractivity contribution is 0.119. The van der Waals surface area contributed by atoms with Gasteiger partial charge in [-0.05, 0) is 51.6 Å². The minimum absolute atomic E-state index is 0.506. The van der Waals surface area contributed by atoms with Crippen molar-refractivity contribution in [3.05, 3.63) is 196 Å². The molecule has 7 aromatic rings. The SMILES string of the molecule is COc1ccccc1[C@]1(O)c2ccccc2-c2c1c1c(c3c2[C@](O)(c2ccccc2OC)c2ccccc2-3)[C@](O)(c2ccccc2OC)c2ccccc2-1. The number of methoxy groups -OCH3 is 3. The van der Waals surface area contributed by atoms with E-state index in [1.807, 2.05) is 146 Å². The molecule has 3 aliphatic rings. The van der Waals surface area contributed by atoms with Crippen LogP contribution < -0.4 is 14.2 Å². The molecule has 0 aromatic heterocycles. The van der Waals surface area contributed by atoms with E-state index < -0.39 is 16.8 Å². The average Bonchev–Trinajstić information content (AvgIpc) is 3.77. The Labute approximate surface area is 313 Å². The van der Waals surface area contributed by atoms with Gasteiger partial charge in [0, 0.05) is 50.1 Å². The maximum Gasteiger partial charge on any atom is 0.145 e. The van der Waals surface area contributed by atoms with Gasteiger partial charge in [-0.3, -0.25) is 0 Å². The molecule has 0 bridgehead atoms. The molecular weight excluding hydrogens is 673 g/mol. The van der Waals surface area contributed by atoms with Crippen molar-refractivity contribution in [3.8, 4) is 50.6 Å². The van der Waals surface area contributed by atoms with Crippen molar-refractivity contribution in [1.29, 1.82) is 0 Å². The molecule has 0 unspecified atom stereocenters. The Balaban J connectivity index is 1.51. The lowest BCUT2D eigenvalue weighted by Crippen LogP contribution is -2.32. The molecular formula is C48H36O6. The fraction of sp³-hybridized carbons (Fsp3) is 0.125. The first-order valence-electron chi connectivity index (χ1n) is 18.0. The van der Waals surface area contributed by atoms with Gasteiger partial charge >= 0.3 is 0 Å². The first-order chi connectivity index (χ1) is 26.3. The highest BCUT2D eigenvalue weighted by Gasteiger charge is 2.60. The largest absolute Gasteiger partial charge is 0.496 e. The molecule has 3 atom stereocenters. The monoisotopic (exact) mass is 708 g/mol. The maximum absolute atomic E-state index is 13.9. The smallest absolute Gasteiger partial charge is 0.145 e. The number of hydrogen-bond donors (Lipinski definition) is 3. The molecule has 3 aliphatic carbocycles. The number of aliphatic hydroxyl groups is 3. The Morgan fingerprint density at radius 2 is 0.537 bits per heavy atom. The zero-order chi connectivity index (χ0) is 37.0. The first-order valence-corrected chi connectivity index (χ1v) is 18.0. The molecule has 0 spiro atoms. The lowest BCUT2D eigenvalue weighted by atomic mass is 9.73. The van der Waals surface area contributed by atoms with E-state index in [2.05, 4.69) is 0 Å². The van der Waals surface area contributed by atoms with E-state index in [1.54, 1.807) is 21.3 Å². The number of para-hydroxylation sites is 3. The molecule has 0 heterocycles. The van der Waals surface area contributed by atoms with Crippen LogP contribution in [0, 0.1) is 0 Å². The molecule has 0 fully saturated rings. The summed E-state index contributed by atoms with van der Waals surface area (Å²) in [5, 5.41) is 41.7. The molecule has 0 amide bonds. The van der Waals surface area contributed by atoms with Crippen LogP contribution in [0.15, 0.2) is 146 Å². The van der Waals surface area contributed by atoms with Crippen molar-refractivity contribution in [2.24, 2.45) is 0 Å². The first kappa shape index (κ1) is 32.5. The van der Waals surface area contributed by atoms with E-state index in [9.17, 15) is 15.3 Å². The number of ether oxygens (including phenoxy) is 3. The highest BCUT2D eigenvalue weighted by atomic mass is 16.5. The van der Waals surface area contributed by atoms with Gasteiger partial charge in [0.15, 0.2) is 0 Å². The summed E-state index contributed by atoms with van der Waals surface area (Å²) in [6.45, 7) is 0. The van der Waals surface area contributed by atoms with Gasteiger partial charge in [-0.2, -0.15) is 0 Å². The van der Waals surface area contributed by atoms with Crippen molar-refractivity contribution in [3.63, 3.8) is 0 Å². The van der Waals surface area contributed by atoms with Crippen LogP contribution in [0.5, 0.6) is 17.2 Å². The quantitative estimate of drug-likeness (QED) is 0.161. The van der Waals surface area contributed by atoms with E-state index in [4.69, 9.17) is 14.2 Å². The van der Waals surface area contributed by atoms with Gasteiger partial charge in [0.25, 0.3) is 0 Å². The van der Waals surface area contributed by atoms with E-state index >= 15 is 0 Å². The van der Waals surface area contributed by atoms with Crippen molar-refractivity contribution < 1.29 is 29.5 Å². The molecule has 3 N–H and O–H groups in total. The van der Waals surface area contributed by atoms with Gasteiger partial charge in [0.2, 0.25) is 0 Å². The molecule has 6 heteroatoms. The number of hydrogen-bond acceptors (Lipinski definition) is 6. The summed E-state index contributed by atoms with van der Waals surface area (Å²) >= 11 is 0. The zero-order valence-electron chi connectivity index (χ0n) is 29.9. The molecule has 264 valence electrons. The molecule has 0 saturated carbocycles. The van der Waals surface area contributed by atoms with Crippen molar-refractivity contribution in [1.82, 2.24) is 0 Å². The summed E-state index contributed by atoms with van der Waals surface area (Å²) in [5.74, 6) is 1.52. The van der Waals surface area contributed by atoms with Crippen LogP contribution in [0.4, 0.5) is 0 Å². The normalized spacial score (nSPS) is 21.0. The molecule has 0 radical (unpaired) electrons. The van der Waals surface area contributed by atoms with E-state index in [0.717, 1.165) is 16.7 Å². The molecule has 54 heavy (non-hydrogen) atoms. The molecule has 6 nitrogen and oxygen atoms in total. The summed E-state index contributed by atoms with van der Waals surface area (Å²) in [6, 6.07) is 46.0. The second kappa shape index (κ2) is 11.4. The second-order valence-electron chi connectivity index (χ2n) is 14.1. The highest BCUT2D eigenvalue weighted by molar-refractivity contribution is 6.06. The Kier molecular flexibility index (Phi) is 6.86. The Bertz CT molecular complexity index is 2380. The van der Waals surface area contributed by atoms with E-state index in [1.165, 1.54) is 0 Å². The van der Waals surface area contributed by atoms with Gasteiger partial charge in [-0.15, -0.1) is 0 Å². The predicted octanol–water partition coefficient (Wildman–Crippen LogP) is 8.51. The summed E-state index contributed by atoms with van der Waals surface area (Å²) in [5.41, 5.74) is 4.26. The Morgan fingerprint density at radius 3 is 0.796 bits per heavy atom.